The van der Waals surface area contributed by atoms with Gasteiger partial charge >= 0.3 is 6.18 Å². The number of likely N-dealkylation sites (tertiary alicyclic amines) is 1. The highest BCUT2D eigenvalue weighted by atomic mass is 19.4. The van der Waals surface area contributed by atoms with Gasteiger partial charge in [-0.05, 0) is 43.9 Å². The second-order valence-corrected chi connectivity index (χ2v) is 6.79. The Bertz CT molecular complexity index is 634. The van der Waals surface area contributed by atoms with Crippen molar-refractivity contribution in [2.24, 2.45) is 4.99 Å². The molecule has 1 fully saturated rings. The highest BCUT2D eigenvalue weighted by Gasteiger charge is 2.34. The monoisotopic (exact) mass is 386 g/mol. The molecule has 152 valence electrons. The van der Waals surface area contributed by atoms with Crippen LogP contribution < -0.4 is 15.4 Å². The molecule has 0 spiro atoms. The van der Waals surface area contributed by atoms with Gasteiger partial charge in [-0.25, -0.2) is 0 Å². The maximum absolute atomic E-state index is 12.5. The maximum atomic E-state index is 12.5. The van der Waals surface area contributed by atoms with E-state index in [9.17, 15) is 13.2 Å². The smallest absolute Gasteiger partial charge is 0.401 e. The zero-order valence-electron chi connectivity index (χ0n) is 16.2. The van der Waals surface area contributed by atoms with Crippen molar-refractivity contribution in [2.75, 3.05) is 39.8 Å². The Hall–Kier alpha value is -1.96. The van der Waals surface area contributed by atoms with Crippen molar-refractivity contribution in [3.05, 3.63) is 29.3 Å². The lowest BCUT2D eigenvalue weighted by molar-refractivity contribution is -0.143. The van der Waals surface area contributed by atoms with Crippen molar-refractivity contribution in [1.29, 1.82) is 0 Å². The minimum absolute atomic E-state index is 0.0235. The lowest BCUT2D eigenvalue weighted by Crippen LogP contribution is -2.45. The molecular formula is C19H29F3N4O. The van der Waals surface area contributed by atoms with E-state index >= 15 is 0 Å². The molecule has 2 rings (SSSR count). The third kappa shape index (κ3) is 7.28. The third-order valence-electron chi connectivity index (χ3n) is 4.50. The minimum Gasteiger partial charge on any atom is -0.496 e. The average molecular weight is 386 g/mol. The number of alkyl halides is 3. The first-order chi connectivity index (χ1) is 12.8. The van der Waals surface area contributed by atoms with E-state index in [1.165, 1.54) is 4.90 Å². The molecule has 8 heteroatoms. The van der Waals surface area contributed by atoms with Crippen molar-refractivity contribution in [1.82, 2.24) is 15.5 Å². The molecule has 0 aromatic heterocycles. The van der Waals surface area contributed by atoms with Crippen LogP contribution in [0.5, 0.6) is 5.75 Å². The summed E-state index contributed by atoms with van der Waals surface area (Å²) in [7, 11) is 1.65. The van der Waals surface area contributed by atoms with Gasteiger partial charge in [0.05, 0.1) is 13.7 Å². The van der Waals surface area contributed by atoms with Gasteiger partial charge < -0.3 is 15.4 Å². The van der Waals surface area contributed by atoms with Gasteiger partial charge in [0.2, 0.25) is 0 Å². The first-order valence-corrected chi connectivity index (χ1v) is 9.28. The van der Waals surface area contributed by atoms with E-state index in [1.807, 2.05) is 26.0 Å². The van der Waals surface area contributed by atoms with Gasteiger partial charge in [0, 0.05) is 32.2 Å². The van der Waals surface area contributed by atoms with Crippen LogP contribution in [0.4, 0.5) is 13.2 Å². The molecule has 1 heterocycles. The van der Waals surface area contributed by atoms with Crippen molar-refractivity contribution in [3.8, 4) is 5.75 Å². The number of rotatable bonds is 7. The van der Waals surface area contributed by atoms with Gasteiger partial charge in [-0.3, -0.25) is 9.89 Å². The zero-order chi connectivity index (χ0) is 19.9. The first kappa shape index (κ1) is 21.3. The Labute approximate surface area is 159 Å². The first-order valence-electron chi connectivity index (χ1n) is 9.28. The van der Waals surface area contributed by atoms with E-state index in [4.69, 9.17) is 4.74 Å². The number of ether oxygens (including phenoxy) is 1. The van der Waals surface area contributed by atoms with Crippen LogP contribution in [-0.4, -0.2) is 62.9 Å². The van der Waals surface area contributed by atoms with E-state index in [1.54, 1.807) is 7.11 Å². The van der Waals surface area contributed by atoms with Gasteiger partial charge in [0.1, 0.15) is 5.75 Å². The maximum Gasteiger partial charge on any atom is 0.401 e. The van der Waals surface area contributed by atoms with Gasteiger partial charge in [0.25, 0.3) is 0 Å². The SMILES string of the molecule is CCNC(=NCCc1ccc(C)c(OC)c1)NC1CCN(CC(F)(F)F)C1. The molecule has 5 nitrogen and oxygen atoms in total. The predicted molar refractivity (Wildman–Crippen MR) is 101 cm³/mol. The lowest BCUT2D eigenvalue weighted by Gasteiger charge is -2.19. The van der Waals surface area contributed by atoms with Crippen LogP contribution in [0.25, 0.3) is 0 Å². The number of guanidine groups is 1. The Kier molecular flexibility index (Phi) is 7.77. The Morgan fingerprint density at radius 3 is 2.81 bits per heavy atom. The van der Waals surface area contributed by atoms with Crippen LogP contribution in [0.3, 0.4) is 0 Å². The van der Waals surface area contributed by atoms with E-state index in [0.717, 1.165) is 23.3 Å². The van der Waals surface area contributed by atoms with E-state index < -0.39 is 12.7 Å². The van der Waals surface area contributed by atoms with Crippen molar-refractivity contribution in [3.63, 3.8) is 0 Å². The fraction of sp³-hybridized carbons (Fsp3) is 0.632. The van der Waals surface area contributed by atoms with Crippen LogP contribution in [0.2, 0.25) is 0 Å². The summed E-state index contributed by atoms with van der Waals surface area (Å²) in [4.78, 5) is 5.99. The molecule has 0 aliphatic carbocycles. The van der Waals surface area contributed by atoms with Gasteiger partial charge in [-0.1, -0.05) is 12.1 Å². The van der Waals surface area contributed by atoms with Gasteiger partial charge in [-0.2, -0.15) is 13.2 Å². The fourth-order valence-electron chi connectivity index (χ4n) is 3.18. The van der Waals surface area contributed by atoms with Crippen molar-refractivity contribution in [2.45, 2.75) is 38.9 Å². The number of methoxy groups -OCH3 is 1. The molecule has 1 aliphatic rings. The normalized spacial score (nSPS) is 18.6. The second kappa shape index (κ2) is 9.82. The number of nitrogens with one attached hydrogen (secondary N) is 2. The molecule has 0 saturated carbocycles. The van der Waals surface area contributed by atoms with Crippen LogP contribution in [0.1, 0.15) is 24.5 Å². The van der Waals surface area contributed by atoms with Crippen LogP contribution in [0, 0.1) is 6.92 Å². The molecule has 1 saturated heterocycles. The number of aryl methyl sites for hydroxylation is 1. The zero-order valence-corrected chi connectivity index (χ0v) is 16.2. The molecule has 0 amide bonds. The Morgan fingerprint density at radius 1 is 1.37 bits per heavy atom. The predicted octanol–water partition coefficient (Wildman–Crippen LogP) is 2.74. The van der Waals surface area contributed by atoms with Crippen molar-refractivity contribution >= 4 is 5.96 Å². The van der Waals surface area contributed by atoms with Gasteiger partial charge in [0.15, 0.2) is 5.96 Å². The molecule has 27 heavy (non-hydrogen) atoms. The molecule has 1 aromatic rings. The topological polar surface area (TPSA) is 48.9 Å². The number of benzene rings is 1. The number of nitrogens with zero attached hydrogens (tertiary/aromatic N) is 2. The summed E-state index contributed by atoms with van der Waals surface area (Å²) in [5.74, 6) is 1.51. The summed E-state index contributed by atoms with van der Waals surface area (Å²) in [6.45, 7) is 5.21. The molecule has 0 bridgehead atoms. The Balaban J connectivity index is 1.87. The summed E-state index contributed by atoms with van der Waals surface area (Å²) >= 11 is 0. The number of aliphatic imine (C=N–C) groups is 1. The average Bonchev–Trinajstić information content (AvgIpc) is 3.01. The second-order valence-electron chi connectivity index (χ2n) is 6.79. The highest BCUT2D eigenvalue weighted by Crippen LogP contribution is 2.20. The molecule has 1 atom stereocenters. The summed E-state index contributed by atoms with van der Waals surface area (Å²) in [5, 5.41) is 6.42. The minimum atomic E-state index is -4.15. The van der Waals surface area contributed by atoms with Crippen LogP contribution >= 0.6 is 0 Å². The molecular weight excluding hydrogens is 357 g/mol. The van der Waals surface area contributed by atoms with Gasteiger partial charge in [-0.15, -0.1) is 0 Å². The quantitative estimate of drug-likeness (QED) is 0.559. The van der Waals surface area contributed by atoms with Crippen LogP contribution in [-0.2, 0) is 6.42 Å². The van der Waals surface area contributed by atoms with E-state index in [-0.39, 0.29) is 6.04 Å². The number of halogens is 3. The summed E-state index contributed by atoms with van der Waals surface area (Å²) in [6.07, 6.45) is -2.71. The largest absolute Gasteiger partial charge is 0.496 e. The standard InChI is InChI=1S/C19H29F3N4O/c1-4-23-18(25-16-8-10-26(12-16)13-19(20,21)22)24-9-7-15-6-5-14(2)17(11-15)27-3/h5-6,11,16H,4,7-10,12-13H2,1-3H3,(H2,23,24,25). The van der Waals surface area contributed by atoms with Crippen molar-refractivity contribution < 1.29 is 17.9 Å². The molecule has 1 unspecified atom stereocenters. The molecule has 2 N–H and O–H groups in total. The lowest BCUT2D eigenvalue weighted by atomic mass is 10.1. The highest BCUT2D eigenvalue weighted by molar-refractivity contribution is 5.80. The van der Waals surface area contributed by atoms with E-state index in [2.05, 4.69) is 21.7 Å². The molecule has 0 radical (unpaired) electrons. The summed E-state index contributed by atoms with van der Waals surface area (Å²) in [6, 6.07) is 6.07. The number of hydrogen-bond donors (Lipinski definition) is 2. The van der Waals surface area contributed by atoms with Crippen LogP contribution in [0.15, 0.2) is 23.2 Å². The third-order valence-corrected chi connectivity index (χ3v) is 4.50. The number of hydrogen-bond acceptors (Lipinski definition) is 3. The summed E-state index contributed by atoms with van der Waals surface area (Å²) in [5.41, 5.74) is 2.22. The van der Waals surface area contributed by atoms with E-state index in [0.29, 0.717) is 38.6 Å². The molecule has 1 aromatic carbocycles. The summed E-state index contributed by atoms with van der Waals surface area (Å²) < 4.78 is 42.9. The Morgan fingerprint density at radius 2 is 2.15 bits per heavy atom. The fourth-order valence-corrected chi connectivity index (χ4v) is 3.18. The molecule has 1 aliphatic heterocycles.